The van der Waals surface area contributed by atoms with Crippen molar-refractivity contribution in [2.45, 2.75) is 71.3 Å². The summed E-state index contributed by atoms with van der Waals surface area (Å²) >= 11 is 0. The van der Waals surface area contributed by atoms with Crippen molar-refractivity contribution in [3.8, 4) is 0 Å². The molecule has 204 valence electrons. The van der Waals surface area contributed by atoms with Crippen LogP contribution in [0.15, 0.2) is 127 Å². The molecule has 0 N–H and O–H groups in total. The number of allylic oxidation sites excluding steroid dienone is 4. The molecule has 1 heteroatoms. The Hall–Kier alpha value is -3.42. The Morgan fingerprint density at radius 3 is 1.43 bits per heavy atom. The fraction of sp³-hybridized carbons (Fsp3) is 0.282. The van der Waals surface area contributed by atoms with Crippen LogP contribution in [0.25, 0.3) is 0 Å². The predicted octanol–water partition coefficient (Wildman–Crippen LogP) is 8.64. The zero-order valence-corrected chi connectivity index (χ0v) is 26.1. The first-order valence-corrected chi connectivity index (χ1v) is 17.1. The molecule has 0 heterocycles. The Labute approximate surface area is 243 Å². The highest BCUT2D eigenvalue weighted by molar-refractivity contribution is 7.13. The first-order valence-electron chi connectivity index (χ1n) is 15.0. The van der Waals surface area contributed by atoms with Crippen LogP contribution >= 0.6 is 0 Å². The van der Waals surface area contributed by atoms with Gasteiger partial charge in [0.15, 0.2) is 8.07 Å². The van der Waals surface area contributed by atoms with E-state index in [0.29, 0.717) is 23.3 Å². The topological polar surface area (TPSA) is 0 Å². The summed E-state index contributed by atoms with van der Waals surface area (Å²) in [5, 5.41) is 4.53. The summed E-state index contributed by atoms with van der Waals surface area (Å²) in [6.45, 7) is 13.9. The molecule has 40 heavy (non-hydrogen) atoms. The van der Waals surface area contributed by atoms with Crippen LogP contribution in [0.4, 0.5) is 0 Å². The lowest BCUT2D eigenvalue weighted by Crippen LogP contribution is -2.70. The largest absolute Gasteiger partial charge is 0.159 e. The molecule has 0 radical (unpaired) electrons. The van der Waals surface area contributed by atoms with Crippen molar-refractivity contribution in [1.82, 2.24) is 0 Å². The summed E-state index contributed by atoms with van der Waals surface area (Å²) in [4.78, 5) is 0. The average Bonchev–Trinajstić information content (AvgIpc) is 3.42. The summed E-state index contributed by atoms with van der Waals surface area (Å²) in [5.74, 6) is 1.44. The van der Waals surface area contributed by atoms with E-state index in [1.54, 1.807) is 0 Å². The van der Waals surface area contributed by atoms with Gasteiger partial charge in [0.1, 0.15) is 0 Å². The van der Waals surface area contributed by atoms with Crippen molar-refractivity contribution >= 4 is 23.6 Å². The second-order valence-corrected chi connectivity index (χ2v) is 16.4. The van der Waals surface area contributed by atoms with Crippen molar-refractivity contribution in [1.29, 1.82) is 0 Å². The monoisotopic (exact) mass is 540 g/mol. The van der Waals surface area contributed by atoms with E-state index >= 15 is 0 Å². The maximum Gasteiger partial charge on any atom is 0.159 e. The van der Waals surface area contributed by atoms with Crippen LogP contribution in [0.1, 0.15) is 81.5 Å². The highest BCUT2D eigenvalue weighted by Crippen LogP contribution is 2.38. The molecule has 0 aliphatic heterocycles. The van der Waals surface area contributed by atoms with Crippen molar-refractivity contribution in [3.63, 3.8) is 0 Å². The zero-order chi connectivity index (χ0) is 28.3. The zero-order valence-electron chi connectivity index (χ0n) is 25.1. The Balaban J connectivity index is 1.84. The molecule has 1 aliphatic carbocycles. The highest BCUT2D eigenvalue weighted by Gasteiger charge is 2.48. The molecule has 0 saturated heterocycles. The van der Waals surface area contributed by atoms with Crippen LogP contribution in [0, 0.1) is 0 Å². The fourth-order valence-electron chi connectivity index (χ4n) is 6.41. The van der Waals surface area contributed by atoms with Gasteiger partial charge in [-0.05, 0) is 62.0 Å². The minimum absolute atomic E-state index is 0.333. The van der Waals surface area contributed by atoms with Gasteiger partial charge < -0.3 is 0 Å². The maximum atomic E-state index is 2.55. The Morgan fingerprint density at radius 2 is 1.00 bits per heavy atom. The summed E-state index contributed by atoms with van der Waals surface area (Å²) < 4.78 is 0. The quantitative estimate of drug-likeness (QED) is 0.147. The van der Waals surface area contributed by atoms with Gasteiger partial charge in [0, 0.05) is 5.54 Å². The molecule has 0 saturated carbocycles. The van der Waals surface area contributed by atoms with Crippen molar-refractivity contribution in [3.05, 3.63) is 149 Å². The average molecular weight is 541 g/mol. The van der Waals surface area contributed by atoms with Crippen LogP contribution in [0.3, 0.4) is 0 Å². The third kappa shape index (κ3) is 5.45. The summed E-state index contributed by atoms with van der Waals surface area (Å²) in [6.07, 6.45) is 8.24. The predicted molar refractivity (Wildman–Crippen MR) is 177 cm³/mol. The van der Waals surface area contributed by atoms with Crippen LogP contribution in [-0.4, -0.2) is 8.07 Å². The van der Waals surface area contributed by atoms with Gasteiger partial charge in [0.05, 0.1) is 0 Å². The van der Waals surface area contributed by atoms with E-state index in [0.717, 1.165) is 6.42 Å². The molecule has 1 atom stereocenters. The smallest absolute Gasteiger partial charge is 0.0790 e. The van der Waals surface area contributed by atoms with Gasteiger partial charge >= 0.3 is 0 Å². The highest BCUT2D eigenvalue weighted by atomic mass is 28.3. The van der Waals surface area contributed by atoms with E-state index in [1.807, 2.05) is 0 Å². The lowest BCUT2D eigenvalue weighted by molar-refractivity contribution is 0.866. The van der Waals surface area contributed by atoms with Gasteiger partial charge in [-0.25, -0.2) is 0 Å². The van der Waals surface area contributed by atoms with Crippen LogP contribution in [-0.2, 0) is 6.42 Å². The summed E-state index contributed by atoms with van der Waals surface area (Å²) in [6, 6.07) is 39.8. The third-order valence-electron chi connectivity index (χ3n) is 8.76. The second kappa shape index (κ2) is 12.0. The Kier molecular flexibility index (Phi) is 8.42. The van der Waals surface area contributed by atoms with E-state index in [4.69, 9.17) is 0 Å². The minimum Gasteiger partial charge on any atom is -0.0790 e. The van der Waals surface area contributed by atoms with Gasteiger partial charge in [-0.3, -0.25) is 0 Å². The van der Waals surface area contributed by atoms with Gasteiger partial charge in [0.25, 0.3) is 0 Å². The molecule has 0 aromatic heterocycles. The van der Waals surface area contributed by atoms with Gasteiger partial charge in [0.2, 0.25) is 0 Å². The Bertz CT molecular complexity index is 1380. The van der Waals surface area contributed by atoms with E-state index in [-0.39, 0.29) is 0 Å². The molecular formula is C39H44Si. The Morgan fingerprint density at radius 1 is 0.550 bits per heavy atom. The van der Waals surface area contributed by atoms with E-state index in [2.05, 4.69) is 163 Å². The van der Waals surface area contributed by atoms with Gasteiger partial charge in [-0.2, -0.15) is 0 Å². The van der Waals surface area contributed by atoms with Crippen LogP contribution < -0.4 is 15.6 Å². The van der Waals surface area contributed by atoms with Crippen molar-refractivity contribution in [2.75, 3.05) is 0 Å². The van der Waals surface area contributed by atoms with Gasteiger partial charge in [-0.15, -0.1) is 0 Å². The molecular weight excluding hydrogens is 497 g/mol. The van der Waals surface area contributed by atoms with E-state index < -0.39 is 8.07 Å². The van der Waals surface area contributed by atoms with E-state index in [9.17, 15) is 0 Å². The first-order chi connectivity index (χ1) is 19.3. The molecule has 0 fully saturated rings. The fourth-order valence-corrected chi connectivity index (χ4v) is 11.9. The van der Waals surface area contributed by atoms with Crippen LogP contribution in [0.5, 0.6) is 0 Å². The minimum atomic E-state index is -2.59. The number of benzene rings is 4. The molecule has 4 aromatic rings. The first kappa shape index (κ1) is 28.1. The lowest BCUT2D eigenvalue weighted by Gasteiger charge is -2.41. The molecule has 0 spiro atoms. The maximum absolute atomic E-state index is 2.59. The standard InChI is InChI=1S/C39H44Si/c1-28(2)32-16-10-20-36(25-32)40(37-21-11-17-33(26-37)29(3)4,38-22-12-18-34(27-38)30(5)6)39-23-13-19-35(39)24-31-14-8-7-9-15-31/h7-23,25-30,39H,24H2,1-6H3. The number of rotatable bonds is 9. The van der Waals surface area contributed by atoms with Crippen molar-refractivity contribution in [2.24, 2.45) is 0 Å². The number of hydrogen-bond donors (Lipinski definition) is 0. The SMILES string of the molecule is CC(C)c1cccc([Si](c2cccc(C(C)C)c2)(c2cccc(C(C)C)c2)C2C=CC=C2Cc2ccccc2)c1. The van der Waals surface area contributed by atoms with Crippen LogP contribution in [0.2, 0.25) is 5.54 Å². The summed E-state index contributed by atoms with van der Waals surface area (Å²) in [7, 11) is -2.59. The molecule has 1 unspecified atom stereocenters. The third-order valence-corrected chi connectivity index (χ3v) is 13.9. The lowest BCUT2D eigenvalue weighted by atomic mass is 10.0. The summed E-state index contributed by atoms with van der Waals surface area (Å²) in [5.41, 5.74) is 7.51. The molecule has 5 rings (SSSR count). The molecule has 4 aromatic carbocycles. The normalized spacial score (nSPS) is 15.3. The van der Waals surface area contributed by atoms with Crippen molar-refractivity contribution < 1.29 is 0 Å². The van der Waals surface area contributed by atoms with Gasteiger partial charge in [-0.1, -0.05) is 168 Å². The molecule has 0 bridgehead atoms. The molecule has 1 aliphatic rings. The molecule has 0 nitrogen and oxygen atoms in total. The van der Waals surface area contributed by atoms with E-state index in [1.165, 1.54) is 43.4 Å². The number of hydrogen-bond acceptors (Lipinski definition) is 0. The second-order valence-electron chi connectivity index (χ2n) is 12.4. The molecule has 0 amide bonds.